The van der Waals surface area contributed by atoms with Crippen molar-refractivity contribution in [3.8, 4) is 0 Å². The molecular formula is C14H20N4OS. The van der Waals surface area contributed by atoms with Crippen LogP contribution in [0.5, 0.6) is 0 Å². The fraction of sp³-hybridized carbons (Fsp3) is 0.571. The lowest BCUT2D eigenvalue weighted by molar-refractivity contribution is -0.0337. The van der Waals surface area contributed by atoms with E-state index in [1.165, 1.54) is 4.88 Å². The van der Waals surface area contributed by atoms with Crippen LogP contribution in [0.2, 0.25) is 0 Å². The van der Waals surface area contributed by atoms with Crippen LogP contribution < -0.4 is 0 Å². The van der Waals surface area contributed by atoms with Crippen molar-refractivity contribution >= 4 is 11.3 Å². The number of ether oxygens (including phenoxy) is 1. The molecule has 1 fully saturated rings. The van der Waals surface area contributed by atoms with Crippen LogP contribution in [0, 0.1) is 0 Å². The van der Waals surface area contributed by atoms with Crippen molar-refractivity contribution in [2.45, 2.75) is 25.9 Å². The third-order valence-electron chi connectivity index (χ3n) is 3.58. The molecule has 1 aliphatic heterocycles. The van der Waals surface area contributed by atoms with Crippen molar-refractivity contribution in [3.63, 3.8) is 0 Å². The molecule has 3 heterocycles. The van der Waals surface area contributed by atoms with E-state index in [9.17, 15) is 0 Å². The predicted molar refractivity (Wildman–Crippen MR) is 78.9 cm³/mol. The monoisotopic (exact) mass is 292 g/mol. The number of aryl methyl sites for hydroxylation is 1. The van der Waals surface area contributed by atoms with E-state index in [0.29, 0.717) is 0 Å². The van der Waals surface area contributed by atoms with Gasteiger partial charge in [0.1, 0.15) is 11.9 Å². The van der Waals surface area contributed by atoms with E-state index in [1.54, 1.807) is 0 Å². The summed E-state index contributed by atoms with van der Waals surface area (Å²) in [7, 11) is 0. The summed E-state index contributed by atoms with van der Waals surface area (Å²) in [4.78, 5) is 8.36. The molecule has 0 amide bonds. The van der Waals surface area contributed by atoms with Gasteiger partial charge in [-0.15, -0.1) is 11.3 Å². The van der Waals surface area contributed by atoms with Crippen LogP contribution in [0.4, 0.5) is 0 Å². The molecule has 0 aliphatic carbocycles. The highest BCUT2D eigenvalue weighted by atomic mass is 32.1. The smallest absolute Gasteiger partial charge is 0.180 e. The number of morpholine rings is 1. The van der Waals surface area contributed by atoms with Gasteiger partial charge in [0, 0.05) is 30.9 Å². The Morgan fingerprint density at radius 1 is 1.55 bits per heavy atom. The van der Waals surface area contributed by atoms with Gasteiger partial charge in [-0.1, -0.05) is 13.0 Å². The summed E-state index contributed by atoms with van der Waals surface area (Å²) in [5, 5.41) is 9.37. The highest BCUT2D eigenvalue weighted by Crippen LogP contribution is 2.20. The predicted octanol–water partition coefficient (Wildman–Crippen LogP) is 2.04. The Hall–Kier alpha value is -1.24. The molecule has 1 atom stereocenters. The molecule has 0 saturated carbocycles. The van der Waals surface area contributed by atoms with Crippen LogP contribution in [0.3, 0.4) is 0 Å². The molecule has 1 N–H and O–H groups in total. The summed E-state index contributed by atoms with van der Waals surface area (Å²) in [6.45, 7) is 5.77. The molecule has 1 saturated heterocycles. The first-order valence-corrected chi connectivity index (χ1v) is 8.00. The molecule has 5 nitrogen and oxygen atoms in total. The van der Waals surface area contributed by atoms with E-state index < -0.39 is 0 Å². The molecule has 1 unspecified atom stereocenters. The van der Waals surface area contributed by atoms with Gasteiger partial charge in [-0.25, -0.2) is 4.98 Å². The minimum Gasteiger partial charge on any atom is -0.367 e. The first-order chi connectivity index (χ1) is 9.85. The Balaban J connectivity index is 1.55. The first kappa shape index (κ1) is 13.7. The second-order valence-corrected chi connectivity index (χ2v) is 6.02. The maximum atomic E-state index is 5.81. The highest BCUT2D eigenvalue weighted by Gasteiger charge is 2.24. The molecule has 3 rings (SSSR count). The number of thiophene rings is 1. The number of aromatic amines is 1. The van der Waals surface area contributed by atoms with Crippen molar-refractivity contribution < 1.29 is 4.74 Å². The van der Waals surface area contributed by atoms with Gasteiger partial charge in [0.2, 0.25) is 0 Å². The van der Waals surface area contributed by atoms with E-state index >= 15 is 0 Å². The highest BCUT2D eigenvalue weighted by molar-refractivity contribution is 7.09. The van der Waals surface area contributed by atoms with Crippen LogP contribution in [-0.4, -0.2) is 46.3 Å². The van der Waals surface area contributed by atoms with E-state index in [2.05, 4.69) is 44.5 Å². The van der Waals surface area contributed by atoms with Crippen LogP contribution in [0.25, 0.3) is 0 Å². The lowest BCUT2D eigenvalue weighted by Gasteiger charge is -2.31. The number of H-pyrrole nitrogens is 1. The zero-order valence-electron chi connectivity index (χ0n) is 11.7. The molecule has 0 bridgehead atoms. The van der Waals surface area contributed by atoms with E-state index in [-0.39, 0.29) is 6.10 Å². The number of hydrogen-bond acceptors (Lipinski definition) is 5. The van der Waals surface area contributed by atoms with E-state index in [4.69, 9.17) is 4.74 Å². The molecule has 0 radical (unpaired) electrons. The Labute approximate surface area is 123 Å². The maximum Gasteiger partial charge on any atom is 0.180 e. The number of nitrogens with zero attached hydrogens (tertiary/aromatic N) is 3. The van der Waals surface area contributed by atoms with Gasteiger partial charge in [0.15, 0.2) is 5.82 Å². The van der Waals surface area contributed by atoms with Gasteiger partial charge in [-0.3, -0.25) is 10.00 Å². The average Bonchev–Trinajstić information content (AvgIpc) is 3.16. The second-order valence-electron chi connectivity index (χ2n) is 4.98. The lowest BCUT2D eigenvalue weighted by atomic mass is 10.2. The Bertz CT molecular complexity index is 525. The van der Waals surface area contributed by atoms with Gasteiger partial charge in [-0.05, 0) is 17.9 Å². The molecule has 2 aromatic heterocycles. The molecular weight excluding hydrogens is 272 g/mol. The quantitative estimate of drug-likeness (QED) is 0.916. The van der Waals surface area contributed by atoms with Gasteiger partial charge < -0.3 is 4.74 Å². The van der Waals surface area contributed by atoms with Gasteiger partial charge in [0.25, 0.3) is 0 Å². The molecule has 0 spiro atoms. The van der Waals surface area contributed by atoms with Crippen molar-refractivity contribution in [3.05, 3.63) is 34.0 Å². The first-order valence-electron chi connectivity index (χ1n) is 7.12. The summed E-state index contributed by atoms with van der Waals surface area (Å²) in [6.07, 6.45) is 1.99. The molecule has 2 aromatic rings. The van der Waals surface area contributed by atoms with E-state index in [0.717, 1.165) is 50.7 Å². The van der Waals surface area contributed by atoms with Gasteiger partial charge >= 0.3 is 0 Å². The van der Waals surface area contributed by atoms with Crippen molar-refractivity contribution in [1.29, 1.82) is 0 Å². The minimum absolute atomic E-state index is 0.00337. The van der Waals surface area contributed by atoms with Gasteiger partial charge in [-0.2, -0.15) is 5.10 Å². The number of nitrogens with one attached hydrogen (secondary N) is 1. The van der Waals surface area contributed by atoms with Crippen LogP contribution in [0.1, 0.15) is 29.6 Å². The fourth-order valence-corrected chi connectivity index (χ4v) is 3.10. The average molecular weight is 292 g/mol. The van der Waals surface area contributed by atoms with Crippen LogP contribution in [-0.2, 0) is 17.6 Å². The lowest BCUT2D eigenvalue weighted by Crippen LogP contribution is -2.39. The van der Waals surface area contributed by atoms with Crippen LogP contribution >= 0.6 is 11.3 Å². The summed E-state index contributed by atoms with van der Waals surface area (Å²) in [6, 6.07) is 4.31. The van der Waals surface area contributed by atoms with E-state index in [1.807, 2.05) is 11.3 Å². The standard InChI is InChI=1S/C14H20N4OS/c1-2-13-15-14(17-16-13)12-10-18(7-8-19-12)6-5-11-4-3-9-20-11/h3-4,9,12H,2,5-8,10H2,1H3,(H,15,16,17). The minimum atomic E-state index is 0.00337. The largest absolute Gasteiger partial charge is 0.367 e. The van der Waals surface area contributed by atoms with Gasteiger partial charge in [0.05, 0.1) is 6.61 Å². The number of rotatable bonds is 5. The second kappa shape index (κ2) is 6.47. The summed E-state index contributed by atoms with van der Waals surface area (Å²) in [5.74, 6) is 1.72. The van der Waals surface area contributed by atoms with Crippen molar-refractivity contribution in [2.24, 2.45) is 0 Å². The molecule has 6 heteroatoms. The normalized spacial score (nSPS) is 20.4. The number of aromatic nitrogens is 3. The molecule has 1 aliphatic rings. The fourth-order valence-electron chi connectivity index (χ4n) is 2.40. The summed E-state index contributed by atoms with van der Waals surface area (Å²) < 4.78 is 5.81. The molecule has 108 valence electrons. The summed E-state index contributed by atoms with van der Waals surface area (Å²) >= 11 is 1.83. The maximum absolute atomic E-state index is 5.81. The number of hydrogen-bond donors (Lipinski definition) is 1. The third-order valence-corrected chi connectivity index (χ3v) is 4.51. The Morgan fingerprint density at radius 2 is 2.50 bits per heavy atom. The Kier molecular flexibility index (Phi) is 4.44. The topological polar surface area (TPSA) is 54.0 Å². The zero-order valence-corrected chi connectivity index (χ0v) is 12.5. The summed E-state index contributed by atoms with van der Waals surface area (Å²) in [5.41, 5.74) is 0. The Morgan fingerprint density at radius 3 is 3.25 bits per heavy atom. The van der Waals surface area contributed by atoms with Crippen LogP contribution in [0.15, 0.2) is 17.5 Å². The van der Waals surface area contributed by atoms with Crippen molar-refractivity contribution in [2.75, 3.05) is 26.2 Å². The zero-order chi connectivity index (χ0) is 13.8. The molecule has 0 aromatic carbocycles. The van der Waals surface area contributed by atoms with Crippen molar-refractivity contribution in [1.82, 2.24) is 20.1 Å². The molecule has 20 heavy (non-hydrogen) atoms. The SMILES string of the molecule is CCc1nc(C2CN(CCc3cccs3)CCO2)n[nH]1. The third kappa shape index (κ3) is 3.26.